The molecule has 1 aromatic rings. The molecule has 1 unspecified atom stereocenters. The van der Waals surface area contributed by atoms with Crippen LogP contribution in [0.15, 0.2) is 22.7 Å². The molecule has 0 fully saturated rings. The number of rotatable bonds is 5. The number of aliphatic hydroxyl groups excluding tert-OH is 2. The van der Waals surface area contributed by atoms with E-state index in [9.17, 15) is 0 Å². The lowest BCUT2D eigenvalue weighted by Crippen LogP contribution is -2.24. The molecule has 84 valence electrons. The number of anilines is 1. The lowest BCUT2D eigenvalue weighted by molar-refractivity contribution is 0.229. The SMILES string of the molecule is Cc1ccc(NC(CO)CCO)cc1Br. The zero-order valence-electron chi connectivity index (χ0n) is 8.70. The normalized spacial score (nSPS) is 12.5. The van der Waals surface area contributed by atoms with Crippen LogP contribution < -0.4 is 5.32 Å². The van der Waals surface area contributed by atoms with Crippen molar-refractivity contribution in [2.45, 2.75) is 19.4 Å². The van der Waals surface area contributed by atoms with Crippen molar-refractivity contribution in [3.63, 3.8) is 0 Å². The molecular formula is C11H16BrNO2. The van der Waals surface area contributed by atoms with Crippen LogP contribution in [0.4, 0.5) is 5.69 Å². The number of benzene rings is 1. The molecular weight excluding hydrogens is 258 g/mol. The average Bonchev–Trinajstić information content (AvgIpc) is 2.23. The minimum atomic E-state index is -0.0930. The molecule has 0 spiro atoms. The topological polar surface area (TPSA) is 52.5 Å². The van der Waals surface area contributed by atoms with Crippen molar-refractivity contribution in [2.24, 2.45) is 0 Å². The van der Waals surface area contributed by atoms with Crippen molar-refractivity contribution in [2.75, 3.05) is 18.5 Å². The highest BCUT2D eigenvalue weighted by Gasteiger charge is 2.06. The van der Waals surface area contributed by atoms with Crippen LogP contribution in [-0.2, 0) is 0 Å². The maximum Gasteiger partial charge on any atom is 0.0633 e. The second-order valence-corrected chi connectivity index (χ2v) is 4.35. The van der Waals surface area contributed by atoms with Crippen molar-refractivity contribution in [1.29, 1.82) is 0 Å². The Labute approximate surface area is 98.3 Å². The fourth-order valence-corrected chi connectivity index (χ4v) is 1.66. The molecule has 3 N–H and O–H groups in total. The van der Waals surface area contributed by atoms with E-state index in [1.54, 1.807) is 0 Å². The minimum absolute atomic E-state index is 0.0199. The van der Waals surface area contributed by atoms with E-state index < -0.39 is 0 Å². The van der Waals surface area contributed by atoms with Crippen LogP contribution in [0, 0.1) is 6.92 Å². The van der Waals surface area contributed by atoms with Crippen LogP contribution in [0.3, 0.4) is 0 Å². The van der Waals surface area contributed by atoms with E-state index in [0.717, 1.165) is 10.2 Å². The molecule has 4 heteroatoms. The monoisotopic (exact) mass is 273 g/mol. The van der Waals surface area contributed by atoms with Crippen molar-refractivity contribution in [3.05, 3.63) is 28.2 Å². The summed E-state index contributed by atoms with van der Waals surface area (Å²) in [5.74, 6) is 0. The Morgan fingerprint density at radius 3 is 2.67 bits per heavy atom. The summed E-state index contributed by atoms with van der Waals surface area (Å²) in [5.41, 5.74) is 2.11. The van der Waals surface area contributed by atoms with Gasteiger partial charge in [-0.05, 0) is 31.0 Å². The molecule has 0 aliphatic rings. The molecule has 1 aromatic carbocycles. The molecule has 0 aliphatic carbocycles. The summed E-state index contributed by atoms with van der Waals surface area (Å²) >= 11 is 3.44. The van der Waals surface area contributed by atoms with Gasteiger partial charge in [-0.1, -0.05) is 22.0 Å². The first-order valence-corrected chi connectivity index (χ1v) is 5.71. The zero-order chi connectivity index (χ0) is 11.3. The minimum Gasteiger partial charge on any atom is -0.396 e. The summed E-state index contributed by atoms with van der Waals surface area (Å²) in [6.07, 6.45) is 0.544. The lowest BCUT2D eigenvalue weighted by atomic mass is 10.2. The molecule has 3 nitrogen and oxygen atoms in total. The maximum atomic E-state index is 9.06. The standard InChI is InChI=1S/C11H16BrNO2/c1-8-2-3-9(6-11(8)12)13-10(7-15)4-5-14/h2-3,6,10,13-15H,4-5,7H2,1H3. The molecule has 0 amide bonds. The molecule has 15 heavy (non-hydrogen) atoms. The smallest absolute Gasteiger partial charge is 0.0633 e. The molecule has 0 heterocycles. The summed E-state index contributed by atoms with van der Waals surface area (Å²) in [4.78, 5) is 0. The van der Waals surface area contributed by atoms with Crippen LogP contribution in [-0.4, -0.2) is 29.5 Å². The van der Waals surface area contributed by atoms with Crippen LogP contribution in [0.1, 0.15) is 12.0 Å². The third-order valence-electron chi connectivity index (χ3n) is 2.24. The fourth-order valence-electron chi connectivity index (χ4n) is 1.28. The summed E-state index contributed by atoms with van der Waals surface area (Å²) in [6, 6.07) is 5.83. The first-order valence-electron chi connectivity index (χ1n) is 4.91. The van der Waals surface area contributed by atoms with Crippen molar-refractivity contribution in [1.82, 2.24) is 0 Å². The van der Waals surface area contributed by atoms with Crippen LogP contribution >= 0.6 is 15.9 Å². The Balaban J connectivity index is 2.66. The predicted molar refractivity (Wildman–Crippen MR) is 65.1 cm³/mol. The third kappa shape index (κ3) is 3.81. The molecule has 1 rings (SSSR count). The van der Waals surface area contributed by atoms with Gasteiger partial charge in [-0.25, -0.2) is 0 Å². The Morgan fingerprint density at radius 2 is 2.13 bits per heavy atom. The van der Waals surface area contributed by atoms with Gasteiger partial charge in [0.2, 0.25) is 0 Å². The van der Waals surface area contributed by atoms with Gasteiger partial charge in [0.25, 0.3) is 0 Å². The highest BCUT2D eigenvalue weighted by molar-refractivity contribution is 9.10. The maximum absolute atomic E-state index is 9.06. The fraction of sp³-hybridized carbons (Fsp3) is 0.455. The average molecular weight is 274 g/mol. The second kappa shape index (κ2) is 6.10. The van der Waals surface area contributed by atoms with Crippen LogP contribution in [0.25, 0.3) is 0 Å². The number of aryl methyl sites for hydroxylation is 1. The van der Waals surface area contributed by atoms with Gasteiger partial charge in [-0.2, -0.15) is 0 Å². The number of hydrogen-bond acceptors (Lipinski definition) is 3. The highest BCUT2D eigenvalue weighted by Crippen LogP contribution is 2.21. The van der Waals surface area contributed by atoms with E-state index in [2.05, 4.69) is 21.2 Å². The molecule has 0 saturated carbocycles. The van der Waals surface area contributed by atoms with Gasteiger partial charge < -0.3 is 15.5 Å². The van der Waals surface area contributed by atoms with E-state index in [1.807, 2.05) is 25.1 Å². The molecule has 0 radical (unpaired) electrons. The van der Waals surface area contributed by atoms with Gasteiger partial charge in [-0.3, -0.25) is 0 Å². The van der Waals surface area contributed by atoms with E-state index in [-0.39, 0.29) is 19.3 Å². The first kappa shape index (κ1) is 12.5. The van der Waals surface area contributed by atoms with Crippen molar-refractivity contribution in [3.8, 4) is 0 Å². The zero-order valence-corrected chi connectivity index (χ0v) is 10.3. The largest absolute Gasteiger partial charge is 0.396 e. The van der Waals surface area contributed by atoms with Gasteiger partial charge in [0.15, 0.2) is 0 Å². The molecule has 1 atom stereocenters. The van der Waals surface area contributed by atoms with Crippen LogP contribution in [0.2, 0.25) is 0 Å². The van der Waals surface area contributed by atoms with E-state index in [0.29, 0.717) is 6.42 Å². The second-order valence-electron chi connectivity index (χ2n) is 3.50. The summed E-state index contributed by atoms with van der Waals surface area (Å²) in [5, 5.41) is 21.0. The highest BCUT2D eigenvalue weighted by atomic mass is 79.9. The van der Waals surface area contributed by atoms with Gasteiger partial charge in [-0.15, -0.1) is 0 Å². The number of hydrogen-bond donors (Lipinski definition) is 3. The molecule has 0 saturated heterocycles. The van der Waals surface area contributed by atoms with Crippen molar-refractivity contribution < 1.29 is 10.2 Å². The Bertz CT molecular complexity index is 317. The van der Waals surface area contributed by atoms with E-state index >= 15 is 0 Å². The number of halogens is 1. The van der Waals surface area contributed by atoms with Gasteiger partial charge in [0.05, 0.1) is 12.6 Å². The summed E-state index contributed by atoms with van der Waals surface area (Å²) in [7, 11) is 0. The number of nitrogens with one attached hydrogen (secondary N) is 1. The first-order chi connectivity index (χ1) is 7.17. The Morgan fingerprint density at radius 1 is 1.40 bits per heavy atom. The summed E-state index contributed by atoms with van der Waals surface area (Å²) in [6.45, 7) is 2.11. The predicted octanol–water partition coefficient (Wildman–Crippen LogP) is 1.91. The lowest BCUT2D eigenvalue weighted by Gasteiger charge is -2.16. The van der Waals surface area contributed by atoms with Gasteiger partial charge in [0, 0.05) is 16.8 Å². The third-order valence-corrected chi connectivity index (χ3v) is 3.09. The van der Waals surface area contributed by atoms with Gasteiger partial charge in [0.1, 0.15) is 0 Å². The molecule has 0 bridgehead atoms. The Kier molecular flexibility index (Phi) is 5.08. The molecule has 0 aromatic heterocycles. The van der Waals surface area contributed by atoms with Crippen molar-refractivity contribution >= 4 is 21.6 Å². The van der Waals surface area contributed by atoms with Crippen LogP contribution in [0.5, 0.6) is 0 Å². The van der Waals surface area contributed by atoms with E-state index in [4.69, 9.17) is 10.2 Å². The van der Waals surface area contributed by atoms with E-state index in [1.165, 1.54) is 5.56 Å². The number of aliphatic hydroxyl groups is 2. The Hall–Kier alpha value is -0.580. The van der Waals surface area contributed by atoms with Gasteiger partial charge >= 0.3 is 0 Å². The molecule has 0 aliphatic heterocycles. The quantitative estimate of drug-likeness (QED) is 0.768. The summed E-state index contributed by atoms with van der Waals surface area (Å²) < 4.78 is 1.04.